The van der Waals surface area contributed by atoms with Crippen LogP contribution in [0.3, 0.4) is 0 Å². The monoisotopic (exact) mass is 206 g/mol. The van der Waals surface area contributed by atoms with E-state index in [4.69, 9.17) is 4.42 Å². The quantitative estimate of drug-likeness (QED) is 0.819. The highest BCUT2D eigenvalue weighted by Gasteiger charge is 2.13. The molecule has 1 aromatic heterocycles. The Kier molecular flexibility index (Phi) is 2.56. The molecule has 0 radical (unpaired) electrons. The molecule has 3 heteroatoms. The van der Waals surface area contributed by atoms with Gasteiger partial charge in [0.25, 0.3) is 0 Å². The molecule has 2 nitrogen and oxygen atoms in total. The number of hydrogen-bond donors (Lipinski definition) is 1. The number of hydrogen-bond acceptors (Lipinski definition) is 2. The fourth-order valence-corrected chi connectivity index (χ4v) is 1.45. The summed E-state index contributed by atoms with van der Waals surface area (Å²) in [7, 11) is 0. The predicted octanol–water partition coefficient (Wildman–Crippen LogP) is 2.81. The summed E-state index contributed by atoms with van der Waals surface area (Å²) in [5, 5.41) is 9.88. The molecule has 1 atom stereocenters. The van der Waals surface area contributed by atoms with Gasteiger partial charge in [0.15, 0.2) is 0 Å². The van der Waals surface area contributed by atoms with Gasteiger partial charge in [-0.2, -0.15) is 0 Å². The van der Waals surface area contributed by atoms with Crippen molar-refractivity contribution in [1.29, 1.82) is 0 Å². The molecular weight excluding hydrogens is 195 g/mol. The summed E-state index contributed by atoms with van der Waals surface area (Å²) in [6, 6.07) is 7.90. The summed E-state index contributed by atoms with van der Waals surface area (Å²) in [5.41, 5.74) is 1.14. The average Bonchev–Trinajstić information content (AvgIpc) is 2.74. The third-order valence-electron chi connectivity index (χ3n) is 2.31. The second-order valence-electron chi connectivity index (χ2n) is 3.43. The van der Waals surface area contributed by atoms with Gasteiger partial charge in [-0.3, -0.25) is 0 Å². The third-order valence-corrected chi connectivity index (χ3v) is 2.31. The summed E-state index contributed by atoms with van der Waals surface area (Å²) in [4.78, 5) is 0. The predicted molar refractivity (Wildman–Crippen MR) is 53.9 cm³/mol. The first-order valence-corrected chi connectivity index (χ1v) is 4.66. The summed E-state index contributed by atoms with van der Waals surface area (Å²) in [6.45, 7) is 1.66. The Hall–Kier alpha value is -1.61. The SMILES string of the molecule is Cc1cc([C@H](O)c2ccco2)ccc1F. The molecule has 0 spiro atoms. The van der Waals surface area contributed by atoms with Crippen LogP contribution in [0.1, 0.15) is 23.0 Å². The highest BCUT2D eigenvalue weighted by molar-refractivity contribution is 5.29. The van der Waals surface area contributed by atoms with Crippen LogP contribution in [0.25, 0.3) is 0 Å². The van der Waals surface area contributed by atoms with Crippen molar-refractivity contribution in [3.05, 3.63) is 59.3 Å². The maximum Gasteiger partial charge on any atom is 0.137 e. The number of aliphatic hydroxyl groups is 1. The van der Waals surface area contributed by atoms with Crippen molar-refractivity contribution in [2.75, 3.05) is 0 Å². The molecule has 1 N–H and O–H groups in total. The number of rotatable bonds is 2. The molecule has 0 saturated carbocycles. The molecule has 0 aliphatic carbocycles. The number of aryl methyl sites for hydroxylation is 1. The second kappa shape index (κ2) is 3.87. The van der Waals surface area contributed by atoms with Crippen molar-refractivity contribution in [2.24, 2.45) is 0 Å². The molecule has 2 aromatic rings. The first-order valence-electron chi connectivity index (χ1n) is 4.66. The normalized spacial score (nSPS) is 12.7. The van der Waals surface area contributed by atoms with Crippen molar-refractivity contribution >= 4 is 0 Å². The van der Waals surface area contributed by atoms with Crippen LogP contribution in [-0.2, 0) is 0 Å². The highest BCUT2D eigenvalue weighted by Crippen LogP contribution is 2.23. The molecule has 1 heterocycles. The number of furan rings is 1. The van der Waals surface area contributed by atoms with Crippen molar-refractivity contribution in [2.45, 2.75) is 13.0 Å². The number of benzene rings is 1. The van der Waals surface area contributed by atoms with E-state index in [2.05, 4.69) is 0 Å². The second-order valence-corrected chi connectivity index (χ2v) is 3.43. The lowest BCUT2D eigenvalue weighted by molar-refractivity contribution is 0.189. The zero-order valence-electron chi connectivity index (χ0n) is 8.27. The fourth-order valence-electron chi connectivity index (χ4n) is 1.45. The zero-order chi connectivity index (χ0) is 10.8. The van der Waals surface area contributed by atoms with Gasteiger partial charge in [-0.15, -0.1) is 0 Å². The molecule has 15 heavy (non-hydrogen) atoms. The molecule has 0 amide bonds. The van der Waals surface area contributed by atoms with Crippen molar-refractivity contribution in [3.8, 4) is 0 Å². The van der Waals surface area contributed by atoms with Gasteiger partial charge < -0.3 is 9.52 Å². The van der Waals surface area contributed by atoms with Crippen molar-refractivity contribution < 1.29 is 13.9 Å². The molecule has 78 valence electrons. The van der Waals surface area contributed by atoms with E-state index in [0.717, 1.165) is 0 Å². The van der Waals surface area contributed by atoms with Crippen molar-refractivity contribution in [1.82, 2.24) is 0 Å². The first-order chi connectivity index (χ1) is 7.18. The smallest absolute Gasteiger partial charge is 0.137 e. The van der Waals surface area contributed by atoms with E-state index in [1.807, 2.05) is 0 Å². The van der Waals surface area contributed by atoms with Crippen LogP contribution < -0.4 is 0 Å². The molecule has 2 rings (SSSR count). The fraction of sp³-hybridized carbons (Fsp3) is 0.167. The van der Waals surface area contributed by atoms with Crippen LogP contribution in [0, 0.1) is 12.7 Å². The summed E-state index contributed by atoms with van der Waals surface area (Å²) >= 11 is 0. The number of aliphatic hydroxyl groups excluding tert-OH is 1. The summed E-state index contributed by atoms with van der Waals surface area (Å²) in [5.74, 6) is 0.186. The largest absolute Gasteiger partial charge is 0.466 e. The van der Waals surface area contributed by atoms with E-state index >= 15 is 0 Å². The minimum Gasteiger partial charge on any atom is -0.466 e. The Balaban J connectivity index is 2.34. The van der Waals surface area contributed by atoms with Gasteiger partial charge in [0.1, 0.15) is 17.7 Å². The van der Waals surface area contributed by atoms with E-state index in [0.29, 0.717) is 16.9 Å². The first kappa shape index (κ1) is 9.93. The van der Waals surface area contributed by atoms with Crippen LogP contribution >= 0.6 is 0 Å². The van der Waals surface area contributed by atoms with Gasteiger partial charge in [0.2, 0.25) is 0 Å². The highest BCUT2D eigenvalue weighted by atomic mass is 19.1. The summed E-state index contributed by atoms with van der Waals surface area (Å²) in [6.07, 6.45) is 0.661. The van der Waals surface area contributed by atoms with Crippen LogP contribution in [-0.4, -0.2) is 5.11 Å². The van der Waals surface area contributed by atoms with Crippen molar-refractivity contribution in [3.63, 3.8) is 0 Å². The average molecular weight is 206 g/mol. The van der Waals surface area contributed by atoms with Gasteiger partial charge in [-0.25, -0.2) is 4.39 Å². The van der Waals surface area contributed by atoms with Crippen LogP contribution in [0.2, 0.25) is 0 Å². The summed E-state index contributed by atoms with van der Waals surface area (Å²) < 4.78 is 18.1. The van der Waals surface area contributed by atoms with Gasteiger partial charge in [-0.05, 0) is 36.2 Å². The van der Waals surface area contributed by atoms with Crippen LogP contribution in [0.15, 0.2) is 41.0 Å². The molecule has 0 aliphatic rings. The zero-order valence-corrected chi connectivity index (χ0v) is 8.27. The molecular formula is C12H11FO2. The lowest BCUT2D eigenvalue weighted by Crippen LogP contribution is -1.99. The Morgan fingerprint density at radius 2 is 2.13 bits per heavy atom. The molecule has 0 unspecified atom stereocenters. The maximum absolute atomic E-state index is 13.0. The lowest BCUT2D eigenvalue weighted by atomic mass is 10.0. The van der Waals surface area contributed by atoms with E-state index < -0.39 is 6.10 Å². The molecule has 0 saturated heterocycles. The maximum atomic E-state index is 13.0. The van der Waals surface area contributed by atoms with E-state index in [9.17, 15) is 9.50 Å². The Morgan fingerprint density at radius 3 is 2.73 bits per heavy atom. The minimum atomic E-state index is -0.834. The van der Waals surface area contributed by atoms with Gasteiger partial charge in [-0.1, -0.05) is 12.1 Å². The topological polar surface area (TPSA) is 33.4 Å². The van der Waals surface area contributed by atoms with Crippen LogP contribution in [0.5, 0.6) is 0 Å². The Morgan fingerprint density at radius 1 is 1.33 bits per heavy atom. The van der Waals surface area contributed by atoms with E-state index in [-0.39, 0.29) is 5.82 Å². The van der Waals surface area contributed by atoms with E-state index in [1.165, 1.54) is 12.3 Å². The number of halogens is 1. The Bertz CT molecular complexity index is 449. The lowest BCUT2D eigenvalue weighted by Gasteiger charge is -2.09. The minimum absolute atomic E-state index is 0.273. The van der Waals surface area contributed by atoms with E-state index in [1.54, 1.807) is 31.2 Å². The molecule has 0 aliphatic heterocycles. The van der Waals surface area contributed by atoms with Gasteiger partial charge in [0.05, 0.1) is 6.26 Å². The molecule has 1 aromatic carbocycles. The third kappa shape index (κ3) is 1.92. The van der Waals surface area contributed by atoms with Crippen LogP contribution in [0.4, 0.5) is 4.39 Å². The molecule has 0 bridgehead atoms. The molecule has 0 fully saturated rings. The Labute approximate surface area is 87.0 Å². The van der Waals surface area contributed by atoms with Gasteiger partial charge in [0, 0.05) is 0 Å². The standard InChI is InChI=1S/C12H11FO2/c1-8-7-9(4-5-10(8)13)12(14)11-3-2-6-15-11/h2-7,12,14H,1H3/t12-/m0/s1. The van der Waals surface area contributed by atoms with Gasteiger partial charge >= 0.3 is 0 Å².